The predicted molar refractivity (Wildman–Crippen MR) is 56.8 cm³/mol. The van der Waals surface area contributed by atoms with Gasteiger partial charge in [-0.25, -0.2) is 0 Å². The van der Waals surface area contributed by atoms with Crippen LogP contribution in [0, 0.1) is 0 Å². The van der Waals surface area contributed by atoms with Crippen LogP contribution in [0.25, 0.3) is 0 Å². The molecule has 1 atom stereocenters. The number of hydrogen-bond acceptors (Lipinski definition) is 2. The molecule has 0 rings (SSSR count). The van der Waals surface area contributed by atoms with E-state index in [1.54, 1.807) is 0 Å². The Morgan fingerprint density at radius 3 is 2.00 bits per heavy atom. The smallest absolute Gasteiger partial charge is 0.192 e. The fraction of sp³-hybridized carbons (Fsp3) is 1.00. The van der Waals surface area contributed by atoms with Crippen LogP contribution in [0.2, 0.25) is 18.1 Å². The van der Waals surface area contributed by atoms with Crippen LogP contribution < -0.4 is 5.73 Å². The molecule has 0 saturated heterocycles. The lowest BCUT2D eigenvalue weighted by molar-refractivity contribution is 0.269. The number of hydrogen-bond donors (Lipinski definition) is 1. The van der Waals surface area contributed by atoms with Gasteiger partial charge in [0.1, 0.15) is 0 Å². The van der Waals surface area contributed by atoms with E-state index in [2.05, 4.69) is 33.9 Å². The van der Waals surface area contributed by atoms with Crippen molar-refractivity contribution in [3.63, 3.8) is 0 Å². The molecule has 0 aliphatic rings. The minimum atomic E-state index is -1.55. The van der Waals surface area contributed by atoms with Crippen molar-refractivity contribution in [2.75, 3.05) is 6.61 Å². The minimum absolute atomic E-state index is 0.152. The highest BCUT2D eigenvalue weighted by atomic mass is 28.4. The minimum Gasteiger partial charge on any atom is -0.415 e. The second kappa shape index (κ2) is 3.90. The van der Waals surface area contributed by atoms with Gasteiger partial charge in [-0.1, -0.05) is 20.8 Å². The van der Waals surface area contributed by atoms with E-state index >= 15 is 0 Å². The summed E-state index contributed by atoms with van der Waals surface area (Å²) in [5.74, 6) is 0. The largest absolute Gasteiger partial charge is 0.415 e. The van der Waals surface area contributed by atoms with Gasteiger partial charge in [0.25, 0.3) is 0 Å². The summed E-state index contributed by atoms with van der Waals surface area (Å²) in [6, 6.07) is 0.152. The molecule has 2 N–H and O–H groups in total. The van der Waals surface area contributed by atoms with Crippen molar-refractivity contribution in [2.24, 2.45) is 5.73 Å². The van der Waals surface area contributed by atoms with Crippen molar-refractivity contribution in [1.29, 1.82) is 0 Å². The summed E-state index contributed by atoms with van der Waals surface area (Å²) in [5, 5.41) is 0.294. The predicted octanol–water partition coefficient (Wildman–Crippen LogP) is 2.36. The van der Waals surface area contributed by atoms with Crippen molar-refractivity contribution >= 4 is 8.32 Å². The molecule has 0 saturated carbocycles. The molecule has 0 heterocycles. The van der Waals surface area contributed by atoms with Crippen LogP contribution in [0.3, 0.4) is 0 Å². The summed E-state index contributed by atoms with van der Waals surface area (Å²) in [5.41, 5.74) is 5.64. The van der Waals surface area contributed by atoms with Crippen LogP contribution in [0.4, 0.5) is 0 Å². The van der Waals surface area contributed by atoms with E-state index in [1.807, 2.05) is 6.92 Å². The highest BCUT2D eigenvalue weighted by Gasteiger charge is 2.37. The molecule has 0 unspecified atom stereocenters. The maximum absolute atomic E-state index is 5.87. The SMILES string of the molecule is C[C@@H](N)CO[Si](C)(C)C(C)(C)C. The maximum atomic E-state index is 5.87. The van der Waals surface area contributed by atoms with Gasteiger partial charge in [-0.15, -0.1) is 0 Å². The molecule has 2 nitrogen and oxygen atoms in total. The van der Waals surface area contributed by atoms with Crippen molar-refractivity contribution in [3.05, 3.63) is 0 Å². The second-order valence-electron chi connectivity index (χ2n) is 5.05. The molecular weight excluding hydrogens is 166 g/mol. The third kappa shape index (κ3) is 3.69. The first kappa shape index (κ1) is 12.1. The van der Waals surface area contributed by atoms with Crippen LogP contribution in [0.1, 0.15) is 27.7 Å². The Hall–Kier alpha value is 0.137. The van der Waals surface area contributed by atoms with Gasteiger partial charge in [-0.2, -0.15) is 0 Å². The quantitative estimate of drug-likeness (QED) is 0.692. The van der Waals surface area contributed by atoms with Crippen molar-refractivity contribution in [1.82, 2.24) is 0 Å². The zero-order chi connectivity index (χ0) is 9.99. The fourth-order valence-electron chi connectivity index (χ4n) is 0.556. The number of rotatable bonds is 3. The fourth-order valence-corrected chi connectivity index (χ4v) is 1.67. The summed E-state index contributed by atoms with van der Waals surface area (Å²) < 4.78 is 5.87. The first-order valence-corrected chi connectivity index (χ1v) is 7.47. The Morgan fingerprint density at radius 2 is 1.75 bits per heavy atom. The molecule has 0 fully saturated rings. The zero-order valence-corrected chi connectivity index (χ0v) is 10.3. The summed E-state index contributed by atoms with van der Waals surface area (Å²) in [7, 11) is -1.55. The molecule has 0 aliphatic heterocycles. The zero-order valence-electron chi connectivity index (χ0n) is 9.27. The third-order valence-corrected chi connectivity index (χ3v) is 7.01. The van der Waals surface area contributed by atoms with Gasteiger partial charge in [0.05, 0.1) is 0 Å². The average molecular weight is 189 g/mol. The van der Waals surface area contributed by atoms with E-state index in [4.69, 9.17) is 10.2 Å². The van der Waals surface area contributed by atoms with Crippen LogP contribution in [0.15, 0.2) is 0 Å². The van der Waals surface area contributed by atoms with Gasteiger partial charge in [-0.3, -0.25) is 0 Å². The molecule has 0 bridgehead atoms. The van der Waals surface area contributed by atoms with E-state index in [0.29, 0.717) is 11.6 Å². The maximum Gasteiger partial charge on any atom is 0.192 e. The van der Waals surface area contributed by atoms with Crippen LogP contribution in [-0.2, 0) is 4.43 Å². The van der Waals surface area contributed by atoms with E-state index in [-0.39, 0.29) is 6.04 Å². The van der Waals surface area contributed by atoms with Crippen LogP contribution in [0.5, 0.6) is 0 Å². The van der Waals surface area contributed by atoms with Crippen LogP contribution >= 0.6 is 0 Å². The van der Waals surface area contributed by atoms with Gasteiger partial charge >= 0.3 is 0 Å². The molecule has 3 heteroatoms. The van der Waals surface area contributed by atoms with Gasteiger partial charge in [0.2, 0.25) is 0 Å². The Labute approximate surface area is 77.6 Å². The first-order valence-electron chi connectivity index (χ1n) is 4.56. The molecule has 0 aromatic heterocycles. The Kier molecular flexibility index (Phi) is 3.94. The van der Waals surface area contributed by atoms with Gasteiger partial charge in [-0.05, 0) is 25.1 Å². The lowest BCUT2D eigenvalue weighted by Gasteiger charge is -2.36. The highest BCUT2D eigenvalue weighted by molar-refractivity contribution is 6.74. The second-order valence-corrected chi connectivity index (χ2v) is 9.86. The molecule has 0 amide bonds. The molecule has 0 radical (unpaired) electrons. The van der Waals surface area contributed by atoms with E-state index in [9.17, 15) is 0 Å². The van der Waals surface area contributed by atoms with Crippen LogP contribution in [-0.4, -0.2) is 21.0 Å². The third-order valence-electron chi connectivity index (χ3n) is 2.51. The van der Waals surface area contributed by atoms with Gasteiger partial charge < -0.3 is 10.2 Å². The Balaban J connectivity index is 4.05. The molecule has 0 spiro atoms. The van der Waals surface area contributed by atoms with E-state index < -0.39 is 8.32 Å². The standard InChI is InChI=1S/C9H23NOSi/c1-8(10)7-11-12(5,6)9(2,3)4/h8H,7,10H2,1-6H3/t8-/m1/s1. The van der Waals surface area contributed by atoms with Gasteiger partial charge in [0.15, 0.2) is 8.32 Å². The normalized spacial score (nSPS) is 16.2. The lowest BCUT2D eigenvalue weighted by atomic mass is 10.2. The Morgan fingerprint density at radius 1 is 1.33 bits per heavy atom. The van der Waals surface area contributed by atoms with E-state index in [1.165, 1.54) is 0 Å². The average Bonchev–Trinajstić information content (AvgIpc) is 1.81. The summed E-state index contributed by atoms with van der Waals surface area (Å²) in [6.45, 7) is 13.9. The molecule has 74 valence electrons. The molecule has 0 aliphatic carbocycles. The number of nitrogens with two attached hydrogens (primary N) is 1. The summed E-state index contributed by atoms with van der Waals surface area (Å²) in [4.78, 5) is 0. The Bertz CT molecular complexity index is 138. The topological polar surface area (TPSA) is 35.2 Å². The van der Waals surface area contributed by atoms with Gasteiger partial charge in [0, 0.05) is 12.6 Å². The summed E-state index contributed by atoms with van der Waals surface area (Å²) in [6.07, 6.45) is 0. The summed E-state index contributed by atoms with van der Waals surface area (Å²) >= 11 is 0. The monoisotopic (exact) mass is 189 g/mol. The first-order chi connectivity index (χ1) is 5.17. The molecular formula is C9H23NOSi. The van der Waals surface area contributed by atoms with E-state index in [0.717, 1.165) is 0 Å². The highest BCUT2D eigenvalue weighted by Crippen LogP contribution is 2.36. The molecule has 0 aromatic rings. The molecule has 12 heavy (non-hydrogen) atoms. The van der Waals surface area contributed by atoms with Crippen molar-refractivity contribution < 1.29 is 4.43 Å². The molecule has 0 aromatic carbocycles. The van der Waals surface area contributed by atoms with Crippen molar-refractivity contribution in [2.45, 2.75) is 51.9 Å². The lowest BCUT2D eigenvalue weighted by Crippen LogP contribution is -2.43. The van der Waals surface area contributed by atoms with Crippen molar-refractivity contribution in [3.8, 4) is 0 Å².